The fraction of sp³-hybridized carbons (Fsp3) is 0. The number of rotatable bonds is 2. The maximum absolute atomic E-state index is 10.9. The average molecular weight is 175 g/mol. The second-order valence-electron chi connectivity index (χ2n) is 2.28. The van der Waals surface area contributed by atoms with E-state index in [2.05, 4.69) is 0 Å². The Morgan fingerprint density at radius 2 is 2.23 bits per heavy atom. The molecule has 0 aromatic heterocycles. The highest BCUT2D eigenvalue weighted by Crippen LogP contribution is 2.12. The van der Waals surface area contributed by atoms with E-state index in [9.17, 15) is 14.9 Å². The van der Waals surface area contributed by atoms with E-state index in [1.807, 2.05) is 5.92 Å². The minimum absolute atomic E-state index is 0.138. The molecule has 0 aliphatic heterocycles. The largest absolute Gasteiger partial charge is 0.279 e. The summed E-state index contributed by atoms with van der Waals surface area (Å²) in [5.41, 5.74) is 0.0257. The van der Waals surface area contributed by atoms with Crippen molar-refractivity contribution in [2.75, 3.05) is 0 Å². The first-order chi connectivity index (χ1) is 6.15. The lowest BCUT2D eigenvalue weighted by Gasteiger charge is -1.93. The average Bonchev–Trinajstić information content (AvgIpc) is 2.17. The number of Topliss-reactive ketones (excluding diaryl/α,β-unsaturated/α-hetero) is 1. The first kappa shape index (κ1) is 8.94. The molecule has 0 bridgehead atoms. The molecule has 1 aromatic rings. The SMILES string of the molecule is C#CC(=O)c1cccc([N+](=O)[O-])c1. The topological polar surface area (TPSA) is 60.2 Å². The van der Waals surface area contributed by atoms with Gasteiger partial charge in [0.2, 0.25) is 5.78 Å². The highest BCUT2D eigenvalue weighted by atomic mass is 16.6. The van der Waals surface area contributed by atoms with Gasteiger partial charge in [0.1, 0.15) is 0 Å². The van der Waals surface area contributed by atoms with Crippen LogP contribution in [0.15, 0.2) is 24.3 Å². The zero-order chi connectivity index (χ0) is 9.84. The normalized spacial score (nSPS) is 8.85. The van der Waals surface area contributed by atoms with Crippen LogP contribution in [0.4, 0.5) is 5.69 Å². The van der Waals surface area contributed by atoms with Crippen LogP contribution in [-0.4, -0.2) is 10.7 Å². The summed E-state index contributed by atoms with van der Waals surface area (Å²) in [7, 11) is 0. The van der Waals surface area contributed by atoms with Gasteiger partial charge in [-0.05, 0) is 12.0 Å². The van der Waals surface area contributed by atoms with Gasteiger partial charge in [0.05, 0.1) is 4.92 Å². The summed E-state index contributed by atoms with van der Waals surface area (Å²) < 4.78 is 0. The number of terminal acetylenes is 1. The lowest BCUT2D eigenvalue weighted by Crippen LogP contribution is -1.96. The van der Waals surface area contributed by atoms with E-state index in [0.29, 0.717) is 0 Å². The van der Waals surface area contributed by atoms with E-state index >= 15 is 0 Å². The zero-order valence-corrected chi connectivity index (χ0v) is 6.56. The van der Waals surface area contributed by atoms with Crippen LogP contribution >= 0.6 is 0 Å². The maximum Gasteiger partial charge on any atom is 0.270 e. The smallest absolute Gasteiger partial charge is 0.270 e. The van der Waals surface area contributed by atoms with E-state index in [1.54, 1.807) is 0 Å². The quantitative estimate of drug-likeness (QED) is 0.224. The van der Waals surface area contributed by atoms with Crippen molar-refractivity contribution in [1.82, 2.24) is 0 Å². The Hall–Kier alpha value is -2.15. The van der Waals surface area contributed by atoms with Crippen molar-refractivity contribution in [1.29, 1.82) is 0 Å². The summed E-state index contributed by atoms with van der Waals surface area (Å²) in [6.45, 7) is 0. The Morgan fingerprint density at radius 3 is 2.77 bits per heavy atom. The third-order valence-corrected chi connectivity index (χ3v) is 1.45. The zero-order valence-electron chi connectivity index (χ0n) is 6.56. The predicted molar refractivity (Wildman–Crippen MR) is 46.3 cm³/mol. The fourth-order valence-corrected chi connectivity index (χ4v) is 0.844. The molecule has 0 unspecified atom stereocenters. The molecule has 0 radical (unpaired) electrons. The van der Waals surface area contributed by atoms with Crippen LogP contribution in [0.2, 0.25) is 0 Å². The van der Waals surface area contributed by atoms with Crippen molar-refractivity contribution in [2.24, 2.45) is 0 Å². The lowest BCUT2D eigenvalue weighted by molar-refractivity contribution is -0.384. The van der Waals surface area contributed by atoms with Gasteiger partial charge in [-0.1, -0.05) is 6.07 Å². The molecule has 0 aliphatic carbocycles. The molecule has 0 fully saturated rings. The molecule has 0 amide bonds. The van der Waals surface area contributed by atoms with Crippen molar-refractivity contribution in [2.45, 2.75) is 0 Å². The highest BCUT2D eigenvalue weighted by Gasteiger charge is 2.08. The Bertz CT molecular complexity index is 404. The van der Waals surface area contributed by atoms with Crippen molar-refractivity contribution in [3.05, 3.63) is 39.9 Å². The monoisotopic (exact) mass is 175 g/mol. The van der Waals surface area contributed by atoms with Crippen molar-refractivity contribution in [3.8, 4) is 12.3 Å². The van der Waals surface area contributed by atoms with Crippen LogP contribution in [-0.2, 0) is 0 Å². The van der Waals surface area contributed by atoms with Crippen LogP contribution in [0.25, 0.3) is 0 Å². The van der Waals surface area contributed by atoms with Gasteiger partial charge < -0.3 is 0 Å². The Labute approximate surface area is 74.3 Å². The molecule has 0 atom stereocenters. The molecule has 1 aromatic carbocycles. The molecule has 4 heteroatoms. The number of benzene rings is 1. The maximum atomic E-state index is 10.9. The van der Waals surface area contributed by atoms with Gasteiger partial charge in [-0.2, -0.15) is 0 Å². The number of nitrogens with zero attached hydrogens (tertiary/aromatic N) is 1. The van der Waals surface area contributed by atoms with Gasteiger partial charge >= 0.3 is 0 Å². The van der Waals surface area contributed by atoms with Crippen LogP contribution in [0.3, 0.4) is 0 Å². The third-order valence-electron chi connectivity index (χ3n) is 1.45. The van der Waals surface area contributed by atoms with E-state index in [0.717, 1.165) is 6.07 Å². The fourth-order valence-electron chi connectivity index (χ4n) is 0.844. The van der Waals surface area contributed by atoms with E-state index in [-0.39, 0.29) is 11.3 Å². The number of nitro benzene ring substituents is 1. The summed E-state index contributed by atoms with van der Waals surface area (Å²) in [6.07, 6.45) is 4.86. The summed E-state index contributed by atoms with van der Waals surface area (Å²) in [5.74, 6) is 1.33. The van der Waals surface area contributed by atoms with Gasteiger partial charge in [-0.15, -0.1) is 6.42 Å². The summed E-state index contributed by atoms with van der Waals surface area (Å²) in [5, 5.41) is 10.3. The molecule has 0 saturated heterocycles. The molecule has 0 spiro atoms. The standard InChI is InChI=1S/C9H5NO3/c1-2-9(11)7-4-3-5-8(6-7)10(12)13/h1,3-6H. The van der Waals surface area contributed by atoms with Gasteiger partial charge in [0, 0.05) is 17.7 Å². The summed E-state index contributed by atoms with van der Waals surface area (Å²) >= 11 is 0. The molecule has 64 valence electrons. The number of ketones is 1. The molecule has 0 saturated carbocycles. The van der Waals surface area contributed by atoms with Crippen molar-refractivity contribution in [3.63, 3.8) is 0 Å². The first-order valence-electron chi connectivity index (χ1n) is 3.40. The molecule has 13 heavy (non-hydrogen) atoms. The lowest BCUT2D eigenvalue weighted by atomic mass is 10.1. The molecule has 0 N–H and O–H groups in total. The number of hydrogen-bond acceptors (Lipinski definition) is 3. The number of carbonyl (C=O) groups is 1. The van der Waals surface area contributed by atoms with Gasteiger partial charge in [-0.25, -0.2) is 0 Å². The number of hydrogen-bond donors (Lipinski definition) is 0. The molecule has 4 nitrogen and oxygen atoms in total. The first-order valence-corrected chi connectivity index (χ1v) is 3.40. The van der Waals surface area contributed by atoms with Crippen LogP contribution in [0, 0.1) is 22.5 Å². The molecule has 0 aliphatic rings. The summed E-state index contributed by atoms with van der Waals surface area (Å²) in [4.78, 5) is 20.7. The highest BCUT2D eigenvalue weighted by molar-refractivity contribution is 6.08. The molecule has 0 heterocycles. The number of carbonyl (C=O) groups excluding carboxylic acids is 1. The molecule has 1 rings (SSSR count). The van der Waals surface area contributed by atoms with Gasteiger partial charge in [0.15, 0.2) is 0 Å². The van der Waals surface area contributed by atoms with E-state index < -0.39 is 10.7 Å². The Kier molecular flexibility index (Phi) is 2.41. The predicted octanol–water partition coefficient (Wildman–Crippen LogP) is 1.41. The second-order valence-corrected chi connectivity index (χ2v) is 2.28. The van der Waals surface area contributed by atoms with E-state index in [1.165, 1.54) is 18.2 Å². The third kappa shape index (κ3) is 1.91. The van der Waals surface area contributed by atoms with E-state index in [4.69, 9.17) is 6.42 Å². The van der Waals surface area contributed by atoms with Crippen LogP contribution in [0.1, 0.15) is 10.4 Å². The van der Waals surface area contributed by atoms with Gasteiger partial charge in [0.25, 0.3) is 5.69 Å². The minimum Gasteiger partial charge on any atom is -0.279 e. The number of nitro groups is 1. The van der Waals surface area contributed by atoms with Crippen molar-refractivity contribution < 1.29 is 9.72 Å². The minimum atomic E-state index is -0.576. The second kappa shape index (κ2) is 3.50. The Balaban J connectivity index is 3.14. The molecular weight excluding hydrogens is 170 g/mol. The number of non-ortho nitro benzene ring substituents is 1. The molecular formula is C9H5NO3. The Morgan fingerprint density at radius 1 is 1.54 bits per heavy atom. The van der Waals surface area contributed by atoms with Gasteiger partial charge in [-0.3, -0.25) is 14.9 Å². The van der Waals surface area contributed by atoms with Crippen LogP contribution < -0.4 is 0 Å². The summed E-state index contributed by atoms with van der Waals surface area (Å²) in [6, 6.07) is 5.31. The van der Waals surface area contributed by atoms with Crippen LogP contribution in [0.5, 0.6) is 0 Å². The van der Waals surface area contributed by atoms with Crippen molar-refractivity contribution >= 4 is 11.5 Å².